The number of ether oxygens (including phenoxy) is 1. The highest BCUT2D eigenvalue weighted by Crippen LogP contribution is 2.11. The summed E-state index contributed by atoms with van der Waals surface area (Å²) in [5.41, 5.74) is 0.310. The van der Waals surface area contributed by atoms with Gasteiger partial charge in [0.15, 0.2) is 0 Å². The molecule has 0 radical (unpaired) electrons. The van der Waals surface area contributed by atoms with Crippen LogP contribution in [0.4, 0.5) is 0 Å². The van der Waals surface area contributed by atoms with Crippen LogP contribution >= 0.6 is 12.4 Å². The van der Waals surface area contributed by atoms with Gasteiger partial charge in [-0.3, -0.25) is 0 Å². The maximum Gasteiger partial charge on any atom is 0.337 e. The summed E-state index contributed by atoms with van der Waals surface area (Å²) in [4.78, 5) is 11.3. The van der Waals surface area contributed by atoms with E-state index in [-0.39, 0.29) is 29.9 Å². The Morgan fingerprint density at radius 2 is 1.85 bits per heavy atom. The summed E-state index contributed by atoms with van der Waals surface area (Å²) in [7, 11) is -0.531. The second-order valence-corrected chi connectivity index (χ2v) is 5.82. The summed E-state index contributed by atoms with van der Waals surface area (Å²) in [5, 5.41) is 2.93. The van der Waals surface area contributed by atoms with Gasteiger partial charge in [0.1, 0.15) is 0 Å². The molecule has 0 aliphatic rings. The van der Waals surface area contributed by atoms with Gasteiger partial charge < -0.3 is 10.1 Å². The molecule has 1 aromatic rings. The number of esters is 1. The van der Waals surface area contributed by atoms with E-state index in [0.717, 1.165) is 0 Å². The first-order valence-electron chi connectivity index (χ1n) is 5.76. The number of methoxy groups -OCH3 is 1. The molecule has 6 nitrogen and oxygen atoms in total. The van der Waals surface area contributed by atoms with E-state index in [1.807, 2.05) is 6.92 Å². The summed E-state index contributed by atoms with van der Waals surface area (Å²) >= 11 is 0. The highest BCUT2D eigenvalue weighted by Gasteiger charge is 2.15. The molecule has 1 atom stereocenters. The van der Waals surface area contributed by atoms with Crippen LogP contribution < -0.4 is 10.0 Å². The third-order valence-electron chi connectivity index (χ3n) is 2.66. The average Bonchev–Trinajstić information content (AvgIpc) is 2.44. The molecule has 0 fully saturated rings. The van der Waals surface area contributed by atoms with Gasteiger partial charge in [-0.15, -0.1) is 12.4 Å². The molecule has 1 aromatic carbocycles. The van der Waals surface area contributed by atoms with E-state index in [2.05, 4.69) is 14.8 Å². The predicted octanol–water partition coefficient (Wildman–Crippen LogP) is 0.781. The molecule has 2 N–H and O–H groups in total. The molecular formula is C12H19ClN2O4S. The van der Waals surface area contributed by atoms with Crippen molar-refractivity contribution in [3.63, 3.8) is 0 Å². The number of benzene rings is 1. The summed E-state index contributed by atoms with van der Waals surface area (Å²) < 4.78 is 30.9. The van der Waals surface area contributed by atoms with Crippen LogP contribution in [-0.4, -0.2) is 41.1 Å². The van der Waals surface area contributed by atoms with Crippen LogP contribution in [-0.2, 0) is 14.8 Å². The van der Waals surface area contributed by atoms with Crippen molar-refractivity contribution in [2.45, 2.75) is 17.9 Å². The first-order valence-corrected chi connectivity index (χ1v) is 7.24. The number of carbonyl (C=O) groups is 1. The normalized spacial score (nSPS) is 12.3. The largest absolute Gasteiger partial charge is 0.465 e. The number of hydrogen-bond donors (Lipinski definition) is 2. The SMILES string of the molecule is CNC(C)CNS(=O)(=O)c1ccc(C(=O)OC)cc1.Cl. The molecule has 0 spiro atoms. The quantitative estimate of drug-likeness (QED) is 0.756. The lowest BCUT2D eigenvalue weighted by Gasteiger charge is -2.12. The number of likely N-dealkylation sites (N-methyl/N-ethyl adjacent to an activating group) is 1. The molecule has 1 rings (SSSR count). The van der Waals surface area contributed by atoms with Crippen molar-refractivity contribution in [3.05, 3.63) is 29.8 Å². The number of halogens is 1. The molecule has 0 aliphatic heterocycles. The van der Waals surface area contributed by atoms with E-state index in [4.69, 9.17) is 0 Å². The van der Waals surface area contributed by atoms with E-state index in [9.17, 15) is 13.2 Å². The maximum atomic E-state index is 11.9. The van der Waals surface area contributed by atoms with E-state index in [1.54, 1.807) is 7.05 Å². The minimum atomic E-state index is -3.56. The van der Waals surface area contributed by atoms with Gasteiger partial charge in [-0.1, -0.05) is 0 Å². The Morgan fingerprint density at radius 1 is 1.30 bits per heavy atom. The van der Waals surface area contributed by atoms with Gasteiger partial charge in [0.05, 0.1) is 17.6 Å². The molecule has 114 valence electrons. The molecule has 0 amide bonds. The van der Waals surface area contributed by atoms with Crippen molar-refractivity contribution < 1.29 is 17.9 Å². The molecule has 0 aliphatic carbocycles. The summed E-state index contributed by atoms with van der Waals surface area (Å²) in [6.07, 6.45) is 0. The fourth-order valence-corrected chi connectivity index (χ4v) is 2.44. The Bertz CT molecular complexity index is 531. The number of hydrogen-bond acceptors (Lipinski definition) is 5. The molecule has 1 unspecified atom stereocenters. The number of carbonyl (C=O) groups excluding carboxylic acids is 1. The zero-order valence-corrected chi connectivity index (χ0v) is 13.2. The topological polar surface area (TPSA) is 84.5 Å². The van der Waals surface area contributed by atoms with Crippen LogP contribution in [0.15, 0.2) is 29.2 Å². The Kier molecular flexibility index (Phi) is 7.74. The van der Waals surface area contributed by atoms with E-state index in [1.165, 1.54) is 31.4 Å². The molecule has 0 saturated heterocycles. The van der Waals surface area contributed by atoms with Crippen molar-refractivity contribution >= 4 is 28.4 Å². The fraction of sp³-hybridized carbons (Fsp3) is 0.417. The lowest BCUT2D eigenvalue weighted by Crippen LogP contribution is -2.37. The zero-order valence-electron chi connectivity index (χ0n) is 11.5. The van der Waals surface area contributed by atoms with Gasteiger partial charge in [0.2, 0.25) is 10.0 Å². The van der Waals surface area contributed by atoms with Gasteiger partial charge >= 0.3 is 5.97 Å². The number of nitrogens with one attached hydrogen (secondary N) is 2. The molecule has 20 heavy (non-hydrogen) atoms. The zero-order chi connectivity index (χ0) is 14.5. The predicted molar refractivity (Wildman–Crippen MR) is 78.7 cm³/mol. The Hall–Kier alpha value is -1.15. The van der Waals surface area contributed by atoms with E-state index < -0.39 is 16.0 Å². The Morgan fingerprint density at radius 3 is 2.30 bits per heavy atom. The number of rotatable bonds is 6. The summed E-state index contributed by atoms with van der Waals surface area (Å²) in [5.74, 6) is -0.499. The lowest BCUT2D eigenvalue weighted by atomic mass is 10.2. The lowest BCUT2D eigenvalue weighted by molar-refractivity contribution is 0.0600. The van der Waals surface area contributed by atoms with Gasteiger partial charge in [0, 0.05) is 12.6 Å². The first-order chi connectivity index (χ1) is 8.90. The molecule has 0 saturated carbocycles. The highest BCUT2D eigenvalue weighted by molar-refractivity contribution is 7.89. The van der Waals surface area contributed by atoms with Crippen LogP contribution in [0.1, 0.15) is 17.3 Å². The second-order valence-electron chi connectivity index (χ2n) is 4.06. The monoisotopic (exact) mass is 322 g/mol. The van der Waals surface area contributed by atoms with Crippen molar-refractivity contribution in [3.8, 4) is 0 Å². The van der Waals surface area contributed by atoms with Crippen LogP contribution in [0.5, 0.6) is 0 Å². The molecule has 0 bridgehead atoms. The van der Waals surface area contributed by atoms with E-state index in [0.29, 0.717) is 5.56 Å². The minimum Gasteiger partial charge on any atom is -0.465 e. The van der Waals surface area contributed by atoms with Gasteiger partial charge in [0.25, 0.3) is 0 Å². The Labute approximate surface area is 125 Å². The van der Waals surface area contributed by atoms with Crippen LogP contribution in [0.2, 0.25) is 0 Å². The minimum absolute atomic E-state index is 0. The van der Waals surface area contributed by atoms with Crippen molar-refractivity contribution in [1.82, 2.24) is 10.0 Å². The van der Waals surface area contributed by atoms with Gasteiger partial charge in [-0.25, -0.2) is 17.9 Å². The number of sulfonamides is 1. The van der Waals surface area contributed by atoms with E-state index >= 15 is 0 Å². The maximum absolute atomic E-state index is 11.9. The van der Waals surface area contributed by atoms with Gasteiger partial charge in [-0.2, -0.15) is 0 Å². The van der Waals surface area contributed by atoms with Crippen LogP contribution in [0.3, 0.4) is 0 Å². The summed E-state index contributed by atoms with van der Waals surface area (Å²) in [6, 6.07) is 5.62. The third-order valence-corrected chi connectivity index (χ3v) is 4.10. The van der Waals surface area contributed by atoms with Crippen LogP contribution in [0, 0.1) is 0 Å². The van der Waals surface area contributed by atoms with Gasteiger partial charge in [-0.05, 0) is 38.2 Å². The highest BCUT2D eigenvalue weighted by atomic mass is 35.5. The molecule has 8 heteroatoms. The van der Waals surface area contributed by atoms with Crippen molar-refractivity contribution in [2.75, 3.05) is 20.7 Å². The average molecular weight is 323 g/mol. The van der Waals surface area contributed by atoms with Crippen molar-refractivity contribution in [1.29, 1.82) is 0 Å². The third kappa shape index (κ3) is 5.09. The van der Waals surface area contributed by atoms with Crippen LogP contribution in [0.25, 0.3) is 0 Å². The smallest absolute Gasteiger partial charge is 0.337 e. The molecule has 0 aromatic heterocycles. The Balaban J connectivity index is 0.00000361. The molecule has 0 heterocycles. The molecular weight excluding hydrogens is 304 g/mol. The standard InChI is InChI=1S/C12H18N2O4S.ClH/c1-9(13-2)8-14-19(16,17)11-6-4-10(5-7-11)12(15)18-3;/h4-7,9,13-14H,8H2,1-3H3;1H. The fourth-order valence-electron chi connectivity index (χ4n) is 1.31. The first kappa shape index (κ1) is 18.9. The second kappa shape index (κ2) is 8.21. The van der Waals surface area contributed by atoms with Crippen molar-refractivity contribution in [2.24, 2.45) is 0 Å². The summed E-state index contributed by atoms with van der Waals surface area (Å²) in [6.45, 7) is 2.15.